The molecule has 1 nitrogen and oxygen atoms in total. The Morgan fingerprint density at radius 3 is 2.88 bits per heavy atom. The van der Waals surface area contributed by atoms with Gasteiger partial charge in [0.15, 0.2) is 0 Å². The summed E-state index contributed by atoms with van der Waals surface area (Å²) in [6.45, 7) is 2.35. The van der Waals surface area contributed by atoms with Crippen LogP contribution in [0.25, 0.3) is 0 Å². The Kier molecular flexibility index (Phi) is 1.63. The third-order valence-corrected chi connectivity index (χ3v) is 2.53. The van der Waals surface area contributed by atoms with Crippen molar-refractivity contribution in [3.63, 3.8) is 0 Å². The van der Waals surface area contributed by atoms with Gasteiger partial charge in [0.1, 0.15) is 0 Å². The van der Waals surface area contributed by atoms with Crippen LogP contribution in [0.3, 0.4) is 0 Å². The van der Waals surface area contributed by atoms with Crippen molar-refractivity contribution in [2.45, 2.75) is 18.1 Å². The van der Waals surface area contributed by atoms with Gasteiger partial charge in [-0.1, -0.05) is 6.08 Å². The van der Waals surface area contributed by atoms with Crippen LogP contribution in [0.2, 0.25) is 0 Å². The van der Waals surface area contributed by atoms with Gasteiger partial charge in [0.05, 0.1) is 6.61 Å². The monoisotopic (exact) mass is 130 g/mol. The van der Waals surface area contributed by atoms with E-state index in [1.807, 2.05) is 0 Å². The molecular formula is C6H10OS. The molecule has 0 aliphatic carbocycles. The average Bonchev–Trinajstić information content (AvgIpc) is 2.17. The lowest BCUT2D eigenvalue weighted by Crippen LogP contribution is -2.20. The highest BCUT2D eigenvalue weighted by Crippen LogP contribution is 2.34. The molecule has 1 rings (SSSR count). The van der Waals surface area contributed by atoms with Gasteiger partial charge in [0.2, 0.25) is 0 Å². The molecule has 0 amide bonds. The van der Waals surface area contributed by atoms with Gasteiger partial charge in [-0.15, -0.1) is 11.8 Å². The third-order valence-electron chi connectivity index (χ3n) is 1.33. The zero-order valence-corrected chi connectivity index (χ0v) is 5.74. The summed E-state index contributed by atoms with van der Waals surface area (Å²) in [7, 11) is 0. The highest BCUT2D eigenvalue weighted by atomic mass is 32.2. The minimum Gasteiger partial charge on any atom is -0.395 e. The van der Waals surface area contributed by atoms with Gasteiger partial charge in [-0.2, -0.15) is 0 Å². The Morgan fingerprint density at radius 1 is 1.88 bits per heavy atom. The molecule has 0 radical (unpaired) electrons. The third kappa shape index (κ3) is 1.06. The molecule has 1 unspecified atom stereocenters. The number of hydrogen-bond acceptors (Lipinski definition) is 2. The fourth-order valence-electron chi connectivity index (χ4n) is 0.660. The van der Waals surface area contributed by atoms with E-state index in [-0.39, 0.29) is 11.4 Å². The smallest absolute Gasteiger partial charge is 0.0581 e. The van der Waals surface area contributed by atoms with Crippen molar-refractivity contribution in [2.75, 3.05) is 6.61 Å². The molecule has 0 saturated heterocycles. The highest BCUT2D eigenvalue weighted by molar-refractivity contribution is 8.03. The van der Waals surface area contributed by atoms with Crippen LogP contribution in [0.15, 0.2) is 11.5 Å². The van der Waals surface area contributed by atoms with Gasteiger partial charge >= 0.3 is 0 Å². The first-order valence-electron chi connectivity index (χ1n) is 2.70. The number of allylic oxidation sites excluding steroid dienone is 1. The van der Waals surface area contributed by atoms with E-state index >= 15 is 0 Å². The Balaban J connectivity index is 2.46. The molecule has 0 spiro atoms. The maximum absolute atomic E-state index is 8.76. The summed E-state index contributed by atoms with van der Waals surface area (Å²) >= 11 is 1.71. The highest BCUT2D eigenvalue weighted by Gasteiger charge is 2.24. The number of thioether (sulfide) groups is 1. The minimum atomic E-state index is 0.0972. The molecule has 1 aliphatic rings. The zero-order valence-electron chi connectivity index (χ0n) is 4.92. The second-order valence-corrected chi connectivity index (χ2v) is 3.80. The Bertz CT molecular complexity index is 101. The summed E-state index contributed by atoms with van der Waals surface area (Å²) in [5, 5.41) is 10.8. The van der Waals surface area contributed by atoms with E-state index in [0.717, 1.165) is 6.42 Å². The molecule has 0 aromatic heterocycles. The zero-order chi connectivity index (χ0) is 6.04. The average molecular weight is 130 g/mol. The van der Waals surface area contributed by atoms with Crippen molar-refractivity contribution in [1.82, 2.24) is 0 Å². The molecule has 1 atom stereocenters. The van der Waals surface area contributed by atoms with Gasteiger partial charge in [-0.25, -0.2) is 0 Å². The molecule has 0 saturated carbocycles. The lowest BCUT2D eigenvalue weighted by atomic mass is 10.1. The molecule has 1 aliphatic heterocycles. The lowest BCUT2D eigenvalue weighted by Gasteiger charge is -2.17. The van der Waals surface area contributed by atoms with Gasteiger partial charge in [-0.3, -0.25) is 0 Å². The van der Waals surface area contributed by atoms with Crippen LogP contribution in [0.4, 0.5) is 0 Å². The minimum absolute atomic E-state index is 0.0972. The van der Waals surface area contributed by atoms with E-state index in [1.54, 1.807) is 11.8 Å². The van der Waals surface area contributed by atoms with E-state index in [0.29, 0.717) is 0 Å². The second-order valence-electron chi connectivity index (χ2n) is 2.30. The number of aliphatic hydroxyl groups is 1. The Hall–Kier alpha value is 0.0500. The summed E-state index contributed by atoms with van der Waals surface area (Å²) in [5.41, 5.74) is 0. The summed E-state index contributed by atoms with van der Waals surface area (Å²) in [5.74, 6) is 0. The first-order valence-corrected chi connectivity index (χ1v) is 3.58. The number of aliphatic hydroxyl groups excluding tert-OH is 1. The summed E-state index contributed by atoms with van der Waals surface area (Å²) in [6, 6.07) is 0. The largest absolute Gasteiger partial charge is 0.395 e. The molecule has 0 aromatic rings. The van der Waals surface area contributed by atoms with Crippen molar-refractivity contribution >= 4 is 11.8 Å². The predicted molar refractivity (Wildman–Crippen MR) is 36.8 cm³/mol. The van der Waals surface area contributed by atoms with Gasteiger partial charge in [0, 0.05) is 4.75 Å². The van der Waals surface area contributed by atoms with Gasteiger partial charge < -0.3 is 5.11 Å². The number of hydrogen-bond donors (Lipinski definition) is 1. The van der Waals surface area contributed by atoms with E-state index < -0.39 is 0 Å². The van der Waals surface area contributed by atoms with Crippen molar-refractivity contribution in [3.8, 4) is 0 Å². The Labute approximate surface area is 53.8 Å². The van der Waals surface area contributed by atoms with E-state index in [9.17, 15) is 0 Å². The second kappa shape index (κ2) is 2.11. The van der Waals surface area contributed by atoms with E-state index in [2.05, 4.69) is 18.4 Å². The molecule has 2 heteroatoms. The molecule has 1 N–H and O–H groups in total. The maximum atomic E-state index is 8.76. The quantitative estimate of drug-likeness (QED) is 0.578. The molecule has 0 fully saturated rings. The van der Waals surface area contributed by atoms with Crippen molar-refractivity contribution in [1.29, 1.82) is 0 Å². The fraction of sp³-hybridized carbons (Fsp3) is 0.667. The van der Waals surface area contributed by atoms with Crippen molar-refractivity contribution in [3.05, 3.63) is 11.5 Å². The first-order chi connectivity index (χ1) is 3.77. The molecular weight excluding hydrogens is 120 g/mol. The van der Waals surface area contributed by atoms with Crippen LogP contribution in [-0.2, 0) is 0 Å². The summed E-state index contributed by atoms with van der Waals surface area (Å²) in [4.78, 5) is 0. The van der Waals surface area contributed by atoms with Crippen molar-refractivity contribution in [2.24, 2.45) is 0 Å². The van der Waals surface area contributed by atoms with Gasteiger partial charge in [0.25, 0.3) is 0 Å². The molecule has 8 heavy (non-hydrogen) atoms. The Morgan fingerprint density at radius 2 is 2.62 bits per heavy atom. The fourth-order valence-corrected chi connectivity index (χ4v) is 1.45. The van der Waals surface area contributed by atoms with Crippen LogP contribution in [-0.4, -0.2) is 16.5 Å². The van der Waals surface area contributed by atoms with Crippen LogP contribution < -0.4 is 0 Å². The van der Waals surface area contributed by atoms with Crippen LogP contribution in [0.1, 0.15) is 13.3 Å². The predicted octanol–water partition coefficient (Wildman–Crippen LogP) is 1.39. The first kappa shape index (κ1) is 6.17. The molecule has 1 heterocycles. The van der Waals surface area contributed by atoms with E-state index in [1.165, 1.54) is 0 Å². The summed E-state index contributed by atoms with van der Waals surface area (Å²) in [6.07, 6.45) is 3.11. The topological polar surface area (TPSA) is 20.2 Å². The van der Waals surface area contributed by atoms with Crippen molar-refractivity contribution < 1.29 is 5.11 Å². The SMILES string of the molecule is CC1(CO)CC=CS1. The standard InChI is InChI=1S/C6H10OS/c1-6(5-7)3-2-4-8-6/h2,4,7H,3,5H2,1H3. The molecule has 0 bridgehead atoms. The van der Waals surface area contributed by atoms with Gasteiger partial charge in [-0.05, 0) is 18.8 Å². The van der Waals surface area contributed by atoms with E-state index in [4.69, 9.17) is 5.11 Å². The van der Waals surface area contributed by atoms with Crippen LogP contribution >= 0.6 is 11.8 Å². The molecule has 0 aromatic carbocycles. The maximum Gasteiger partial charge on any atom is 0.0581 e. The summed E-state index contributed by atoms with van der Waals surface area (Å²) < 4.78 is 0.0972. The molecule has 46 valence electrons. The van der Waals surface area contributed by atoms with Crippen LogP contribution in [0, 0.1) is 0 Å². The normalized spacial score (nSPS) is 36.2. The van der Waals surface area contributed by atoms with Crippen LogP contribution in [0.5, 0.6) is 0 Å². The lowest BCUT2D eigenvalue weighted by molar-refractivity contribution is 0.258. The number of rotatable bonds is 1.